The molecular formula is C28H33NO. The second-order valence-electron chi connectivity index (χ2n) is 7.76. The van der Waals surface area contributed by atoms with Gasteiger partial charge in [0.25, 0.3) is 0 Å². The van der Waals surface area contributed by atoms with Crippen LogP contribution in [0.1, 0.15) is 49.8 Å². The van der Waals surface area contributed by atoms with Gasteiger partial charge in [-0.2, -0.15) is 0 Å². The highest BCUT2D eigenvalue weighted by molar-refractivity contribution is 5.63. The quantitative estimate of drug-likeness (QED) is 0.483. The van der Waals surface area contributed by atoms with Gasteiger partial charge in [0.15, 0.2) is 0 Å². The van der Waals surface area contributed by atoms with Crippen molar-refractivity contribution in [3.63, 3.8) is 0 Å². The van der Waals surface area contributed by atoms with Gasteiger partial charge in [0.05, 0.1) is 0 Å². The number of aryl methyl sites for hydroxylation is 1. The summed E-state index contributed by atoms with van der Waals surface area (Å²) >= 11 is 0. The van der Waals surface area contributed by atoms with Crippen molar-refractivity contribution in [2.45, 2.75) is 46.1 Å². The van der Waals surface area contributed by atoms with Crippen molar-refractivity contribution >= 4 is 6.08 Å². The van der Waals surface area contributed by atoms with Crippen LogP contribution in [0.15, 0.2) is 78.4 Å². The Labute approximate surface area is 181 Å². The number of fused-ring (bicyclic) bond motifs is 1. The van der Waals surface area contributed by atoms with E-state index in [0.29, 0.717) is 6.61 Å². The molecule has 0 bridgehead atoms. The van der Waals surface area contributed by atoms with E-state index in [0.717, 1.165) is 31.6 Å². The van der Waals surface area contributed by atoms with E-state index in [9.17, 15) is 0 Å². The molecule has 2 N–H and O–H groups in total. The van der Waals surface area contributed by atoms with E-state index in [1.807, 2.05) is 6.07 Å². The Morgan fingerprint density at radius 3 is 2.23 bits per heavy atom. The van der Waals surface area contributed by atoms with Crippen LogP contribution < -0.4 is 10.5 Å². The molecular weight excluding hydrogens is 366 g/mol. The normalized spacial score (nSPS) is 12.3. The highest BCUT2D eigenvalue weighted by Crippen LogP contribution is 2.29. The SMILES string of the molecule is CCC.NCCC1=Cc2ccc(OCc3ccc(-c4ccccc4)cc3)cc2CC1. The molecule has 3 aromatic carbocycles. The monoisotopic (exact) mass is 399 g/mol. The molecule has 0 atom stereocenters. The van der Waals surface area contributed by atoms with E-state index in [-0.39, 0.29) is 0 Å². The molecule has 156 valence electrons. The van der Waals surface area contributed by atoms with E-state index >= 15 is 0 Å². The maximum atomic E-state index is 6.04. The Morgan fingerprint density at radius 1 is 0.833 bits per heavy atom. The Hall–Kier alpha value is -2.84. The third-order valence-electron chi connectivity index (χ3n) is 5.12. The topological polar surface area (TPSA) is 35.2 Å². The van der Waals surface area contributed by atoms with Crippen molar-refractivity contribution < 1.29 is 4.74 Å². The molecule has 4 rings (SSSR count). The molecule has 0 aliphatic heterocycles. The van der Waals surface area contributed by atoms with Crippen LogP contribution >= 0.6 is 0 Å². The van der Waals surface area contributed by atoms with Crippen molar-refractivity contribution in [1.29, 1.82) is 0 Å². The fourth-order valence-corrected chi connectivity index (χ4v) is 3.59. The van der Waals surface area contributed by atoms with Gasteiger partial charge in [0.2, 0.25) is 0 Å². The fraction of sp³-hybridized carbons (Fsp3) is 0.286. The fourth-order valence-electron chi connectivity index (χ4n) is 3.59. The molecule has 1 aliphatic rings. The van der Waals surface area contributed by atoms with E-state index in [1.165, 1.54) is 39.8 Å². The first-order valence-corrected chi connectivity index (χ1v) is 11.0. The van der Waals surface area contributed by atoms with Crippen LogP contribution in [0.2, 0.25) is 0 Å². The summed E-state index contributed by atoms with van der Waals surface area (Å²) in [4.78, 5) is 0. The van der Waals surface area contributed by atoms with Gasteiger partial charge in [-0.3, -0.25) is 0 Å². The first-order valence-electron chi connectivity index (χ1n) is 11.0. The Kier molecular flexibility index (Phi) is 8.29. The smallest absolute Gasteiger partial charge is 0.120 e. The lowest BCUT2D eigenvalue weighted by atomic mass is 9.90. The van der Waals surface area contributed by atoms with Crippen LogP contribution in [0.5, 0.6) is 5.75 Å². The molecule has 0 unspecified atom stereocenters. The molecule has 0 aromatic heterocycles. The minimum absolute atomic E-state index is 0.585. The standard InChI is InChI=1S/C25H25NO.C3H8/c26-15-14-19-6-11-24-17-25(13-12-23(24)16-19)27-18-20-7-9-22(10-8-20)21-4-2-1-3-5-21;1-3-2/h1-5,7-10,12-13,16-17H,6,11,14-15,18,26H2;3H2,1-2H3. The predicted molar refractivity (Wildman–Crippen MR) is 129 cm³/mol. The van der Waals surface area contributed by atoms with E-state index < -0.39 is 0 Å². The molecule has 0 fully saturated rings. The summed E-state index contributed by atoms with van der Waals surface area (Å²) in [6.45, 7) is 5.56. The maximum Gasteiger partial charge on any atom is 0.120 e. The van der Waals surface area contributed by atoms with Crippen molar-refractivity contribution in [3.8, 4) is 16.9 Å². The molecule has 0 saturated heterocycles. The van der Waals surface area contributed by atoms with Gasteiger partial charge < -0.3 is 10.5 Å². The molecule has 3 aromatic rings. The molecule has 0 spiro atoms. The third-order valence-corrected chi connectivity index (χ3v) is 5.12. The zero-order chi connectivity index (χ0) is 21.2. The molecule has 1 aliphatic carbocycles. The van der Waals surface area contributed by atoms with Crippen LogP contribution in [-0.2, 0) is 13.0 Å². The predicted octanol–water partition coefficient (Wildman–Crippen LogP) is 7.03. The summed E-state index contributed by atoms with van der Waals surface area (Å²) in [7, 11) is 0. The average Bonchev–Trinajstić information content (AvgIpc) is 2.79. The number of rotatable bonds is 6. The van der Waals surface area contributed by atoms with Crippen LogP contribution in [0.3, 0.4) is 0 Å². The number of hydrogen-bond donors (Lipinski definition) is 1. The van der Waals surface area contributed by atoms with E-state index in [4.69, 9.17) is 10.5 Å². The summed E-state index contributed by atoms with van der Waals surface area (Å²) in [6, 6.07) is 25.5. The van der Waals surface area contributed by atoms with Gasteiger partial charge in [-0.1, -0.05) is 92.6 Å². The lowest BCUT2D eigenvalue weighted by Gasteiger charge is -2.17. The zero-order valence-corrected chi connectivity index (χ0v) is 18.2. The Bertz CT molecular complexity index is 942. The van der Waals surface area contributed by atoms with Crippen molar-refractivity contribution in [2.24, 2.45) is 5.73 Å². The number of hydrogen-bond acceptors (Lipinski definition) is 2. The van der Waals surface area contributed by atoms with Gasteiger partial charge in [0.1, 0.15) is 12.4 Å². The lowest BCUT2D eigenvalue weighted by molar-refractivity contribution is 0.306. The van der Waals surface area contributed by atoms with Crippen LogP contribution in [0.25, 0.3) is 17.2 Å². The van der Waals surface area contributed by atoms with Crippen molar-refractivity contribution in [2.75, 3.05) is 6.54 Å². The zero-order valence-electron chi connectivity index (χ0n) is 18.2. The first kappa shape index (κ1) is 21.9. The highest BCUT2D eigenvalue weighted by atomic mass is 16.5. The Morgan fingerprint density at radius 2 is 1.53 bits per heavy atom. The third kappa shape index (κ3) is 6.08. The van der Waals surface area contributed by atoms with Gasteiger partial charge >= 0.3 is 0 Å². The number of benzene rings is 3. The molecule has 0 radical (unpaired) electrons. The van der Waals surface area contributed by atoms with Crippen molar-refractivity contribution in [1.82, 2.24) is 0 Å². The van der Waals surface area contributed by atoms with Crippen LogP contribution in [-0.4, -0.2) is 6.54 Å². The molecule has 30 heavy (non-hydrogen) atoms. The first-order chi connectivity index (χ1) is 14.7. The average molecular weight is 400 g/mol. The van der Waals surface area contributed by atoms with Crippen LogP contribution in [0, 0.1) is 0 Å². The second-order valence-corrected chi connectivity index (χ2v) is 7.76. The van der Waals surface area contributed by atoms with Gasteiger partial charge in [0, 0.05) is 0 Å². The van der Waals surface area contributed by atoms with E-state index in [2.05, 4.69) is 86.7 Å². The summed E-state index contributed by atoms with van der Waals surface area (Å²) < 4.78 is 6.04. The summed E-state index contributed by atoms with van der Waals surface area (Å²) in [5.41, 5.74) is 13.5. The number of nitrogens with two attached hydrogens (primary N) is 1. The summed E-state index contributed by atoms with van der Waals surface area (Å²) in [5, 5.41) is 0. The van der Waals surface area contributed by atoms with Gasteiger partial charge in [-0.25, -0.2) is 0 Å². The minimum Gasteiger partial charge on any atom is -0.489 e. The Balaban J connectivity index is 0.000000806. The van der Waals surface area contributed by atoms with E-state index in [1.54, 1.807) is 0 Å². The molecule has 2 nitrogen and oxygen atoms in total. The maximum absolute atomic E-state index is 6.04. The second kappa shape index (κ2) is 11.4. The molecule has 0 saturated carbocycles. The molecule has 2 heteroatoms. The lowest BCUT2D eigenvalue weighted by Crippen LogP contribution is -2.05. The van der Waals surface area contributed by atoms with Crippen molar-refractivity contribution in [3.05, 3.63) is 95.1 Å². The van der Waals surface area contributed by atoms with Gasteiger partial charge in [-0.05, 0) is 65.8 Å². The summed E-state index contributed by atoms with van der Waals surface area (Å²) in [6.07, 6.45) is 6.72. The highest BCUT2D eigenvalue weighted by Gasteiger charge is 2.11. The molecule has 0 amide bonds. The largest absolute Gasteiger partial charge is 0.489 e. The minimum atomic E-state index is 0.585. The van der Waals surface area contributed by atoms with Gasteiger partial charge in [-0.15, -0.1) is 0 Å². The van der Waals surface area contributed by atoms with Crippen LogP contribution in [0.4, 0.5) is 0 Å². The summed E-state index contributed by atoms with van der Waals surface area (Å²) in [5.74, 6) is 0.941. The molecule has 0 heterocycles. The number of ether oxygens (including phenoxy) is 1.